The zero-order valence-corrected chi connectivity index (χ0v) is 9.77. The molecule has 1 aromatic heterocycles. The van der Waals surface area contributed by atoms with Gasteiger partial charge in [0.05, 0.1) is 11.0 Å². The predicted octanol–water partition coefficient (Wildman–Crippen LogP) is 3.16. The van der Waals surface area contributed by atoms with Gasteiger partial charge in [-0.3, -0.25) is 0 Å². The molecule has 0 aliphatic rings. The lowest BCUT2D eigenvalue weighted by Gasteiger charge is -2.07. The van der Waals surface area contributed by atoms with Gasteiger partial charge in [0.25, 0.3) is 0 Å². The first-order chi connectivity index (χ1) is 9.15. The minimum absolute atomic E-state index is 0.115. The minimum Gasteiger partial charge on any atom is -0.382 e. The predicted molar refractivity (Wildman–Crippen MR) is 69.3 cm³/mol. The summed E-state index contributed by atoms with van der Waals surface area (Å²) in [6.07, 6.45) is 0. The summed E-state index contributed by atoms with van der Waals surface area (Å²) in [7, 11) is 0. The van der Waals surface area contributed by atoms with Gasteiger partial charge in [-0.1, -0.05) is 12.1 Å². The summed E-state index contributed by atoms with van der Waals surface area (Å²) >= 11 is 0. The summed E-state index contributed by atoms with van der Waals surface area (Å²) in [5.74, 6) is -1.24. The number of aromatic nitrogens is 2. The van der Waals surface area contributed by atoms with E-state index >= 15 is 0 Å². The van der Waals surface area contributed by atoms with Crippen LogP contribution in [0.3, 0.4) is 0 Å². The molecule has 3 rings (SSSR count). The fourth-order valence-electron chi connectivity index (χ4n) is 1.89. The highest BCUT2D eigenvalue weighted by Gasteiger charge is 2.13. The van der Waals surface area contributed by atoms with Gasteiger partial charge in [-0.2, -0.15) is 0 Å². The third-order valence-corrected chi connectivity index (χ3v) is 2.78. The SMILES string of the molecule is Nc1nc2ccccc2nc1-c1ccc(F)cc1F. The van der Waals surface area contributed by atoms with Gasteiger partial charge in [0.1, 0.15) is 17.3 Å². The van der Waals surface area contributed by atoms with Gasteiger partial charge in [0.2, 0.25) is 0 Å². The number of nitrogen functional groups attached to an aromatic ring is 1. The molecule has 3 aromatic rings. The minimum atomic E-state index is -0.712. The molecule has 0 fully saturated rings. The van der Waals surface area contributed by atoms with Crippen LogP contribution in [0.4, 0.5) is 14.6 Å². The van der Waals surface area contributed by atoms with Crippen molar-refractivity contribution in [2.45, 2.75) is 0 Å². The molecule has 5 heteroatoms. The molecule has 0 saturated heterocycles. The maximum absolute atomic E-state index is 13.8. The molecule has 0 radical (unpaired) electrons. The smallest absolute Gasteiger partial charge is 0.150 e. The Balaban J connectivity index is 2.27. The van der Waals surface area contributed by atoms with Crippen LogP contribution >= 0.6 is 0 Å². The topological polar surface area (TPSA) is 51.8 Å². The Morgan fingerprint density at radius 2 is 1.58 bits per heavy atom. The average Bonchev–Trinajstić information content (AvgIpc) is 2.38. The summed E-state index contributed by atoms with van der Waals surface area (Å²) in [6.45, 7) is 0. The first-order valence-electron chi connectivity index (χ1n) is 5.63. The van der Waals surface area contributed by atoms with Gasteiger partial charge in [-0.15, -0.1) is 0 Å². The Morgan fingerprint density at radius 1 is 0.895 bits per heavy atom. The van der Waals surface area contributed by atoms with Crippen molar-refractivity contribution < 1.29 is 8.78 Å². The number of nitrogens with two attached hydrogens (primary N) is 1. The zero-order chi connectivity index (χ0) is 13.4. The number of nitrogens with zero attached hydrogens (tertiary/aromatic N) is 2. The first-order valence-corrected chi connectivity index (χ1v) is 5.63. The molecule has 2 N–H and O–H groups in total. The van der Waals surface area contributed by atoms with Crippen LogP contribution in [0, 0.1) is 11.6 Å². The molecule has 0 amide bonds. The van der Waals surface area contributed by atoms with E-state index in [2.05, 4.69) is 9.97 Å². The van der Waals surface area contributed by atoms with Crippen molar-refractivity contribution in [2.75, 3.05) is 5.73 Å². The monoisotopic (exact) mass is 257 g/mol. The van der Waals surface area contributed by atoms with E-state index in [0.29, 0.717) is 11.0 Å². The second-order valence-corrected chi connectivity index (χ2v) is 4.07. The number of hydrogen-bond acceptors (Lipinski definition) is 3. The number of para-hydroxylation sites is 2. The largest absolute Gasteiger partial charge is 0.382 e. The van der Waals surface area contributed by atoms with E-state index in [1.165, 1.54) is 6.07 Å². The van der Waals surface area contributed by atoms with Crippen molar-refractivity contribution >= 4 is 16.9 Å². The fourth-order valence-corrected chi connectivity index (χ4v) is 1.89. The number of fused-ring (bicyclic) bond motifs is 1. The van der Waals surface area contributed by atoms with Gasteiger partial charge >= 0.3 is 0 Å². The molecule has 0 bridgehead atoms. The molecule has 0 atom stereocenters. The molecule has 0 aliphatic heterocycles. The second kappa shape index (κ2) is 4.28. The summed E-state index contributed by atoms with van der Waals surface area (Å²) in [5.41, 5.74) is 7.38. The molecule has 94 valence electrons. The first kappa shape index (κ1) is 11.5. The van der Waals surface area contributed by atoms with E-state index in [4.69, 9.17) is 5.73 Å². The molecule has 19 heavy (non-hydrogen) atoms. The van der Waals surface area contributed by atoms with E-state index in [0.717, 1.165) is 12.1 Å². The number of anilines is 1. The number of hydrogen-bond donors (Lipinski definition) is 1. The molecule has 2 aromatic carbocycles. The third-order valence-electron chi connectivity index (χ3n) is 2.78. The Morgan fingerprint density at radius 3 is 2.26 bits per heavy atom. The van der Waals surface area contributed by atoms with Crippen LogP contribution in [0.2, 0.25) is 0 Å². The molecular formula is C14H9F2N3. The quantitative estimate of drug-likeness (QED) is 0.728. The van der Waals surface area contributed by atoms with Crippen LogP contribution < -0.4 is 5.73 Å². The van der Waals surface area contributed by atoms with Gasteiger partial charge in [-0.05, 0) is 24.3 Å². The molecule has 0 spiro atoms. The van der Waals surface area contributed by atoms with Crippen molar-refractivity contribution in [1.29, 1.82) is 0 Å². The Labute approximate surface area is 107 Å². The highest BCUT2D eigenvalue weighted by molar-refractivity contribution is 5.82. The van der Waals surface area contributed by atoms with Gasteiger partial charge in [-0.25, -0.2) is 18.7 Å². The maximum atomic E-state index is 13.8. The number of halogens is 2. The van der Waals surface area contributed by atoms with E-state index in [1.807, 2.05) is 6.07 Å². The number of benzene rings is 2. The highest BCUT2D eigenvalue weighted by atomic mass is 19.1. The molecule has 0 aliphatic carbocycles. The van der Waals surface area contributed by atoms with Crippen molar-refractivity contribution in [3.05, 3.63) is 54.1 Å². The van der Waals surface area contributed by atoms with Crippen molar-refractivity contribution in [3.63, 3.8) is 0 Å². The fraction of sp³-hybridized carbons (Fsp3) is 0. The zero-order valence-electron chi connectivity index (χ0n) is 9.77. The standard InChI is InChI=1S/C14H9F2N3/c15-8-5-6-9(10(16)7-8)13-14(17)19-12-4-2-1-3-11(12)18-13/h1-7H,(H2,17,19). The van der Waals surface area contributed by atoms with Gasteiger partial charge in [0, 0.05) is 11.6 Å². The van der Waals surface area contributed by atoms with Gasteiger partial charge in [0.15, 0.2) is 5.82 Å². The molecule has 0 unspecified atom stereocenters. The van der Waals surface area contributed by atoms with Crippen molar-refractivity contribution in [3.8, 4) is 11.3 Å². The van der Waals surface area contributed by atoms with Crippen LogP contribution in [0.15, 0.2) is 42.5 Å². The third kappa shape index (κ3) is 1.99. The van der Waals surface area contributed by atoms with Crippen molar-refractivity contribution in [1.82, 2.24) is 9.97 Å². The molecule has 0 saturated carbocycles. The van der Waals surface area contributed by atoms with Crippen LogP contribution in [-0.4, -0.2) is 9.97 Å². The van der Waals surface area contributed by atoms with Crippen LogP contribution in [0.5, 0.6) is 0 Å². The lowest BCUT2D eigenvalue weighted by molar-refractivity contribution is 0.585. The van der Waals surface area contributed by atoms with Crippen LogP contribution in [0.1, 0.15) is 0 Å². The lowest BCUT2D eigenvalue weighted by Crippen LogP contribution is -2.00. The normalized spacial score (nSPS) is 10.8. The van der Waals surface area contributed by atoms with E-state index in [1.54, 1.807) is 18.2 Å². The summed E-state index contributed by atoms with van der Waals surface area (Å²) < 4.78 is 26.7. The summed E-state index contributed by atoms with van der Waals surface area (Å²) in [5, 5.41) is 0. The summed E-state index contributed by atoms with van der Waals surface area (Å²) in [4.78, 5) is 8.46. The van der Waals surface area contributed by atoms with Gasteiger partial charge < -0.3 is 5.73 Å². The van der Waals surface area contributed by atoms with E-state index in [-0.39, 0.29) is 17.1 Å². The molecule has 1 heterocycles. The lowest BCUT2D eigenvalue weighted by atomic mass is 10.1. The van der Waals surface area contributed by atoms with Crippen LogP contribution in [-0.2, 0) is 0 Å². The van der Waals surface area contributed by atoms with E-state index in [9.17, 15) is 8.78 Å². The molecular weight excluding hydrogens is 248 g/mol. The highest BCUT2D eigenvalue weighted by Crippen LogP contribution is 2.27. The summed E-state index contributed by atoms with van der Waals surface area (Å²) in [6, 6.07) is 10.4. The Bertz CT molecular complexity index is 772. The van der Waals surface area contributed by atoms with Crippen LogP contribution in [0.25, 0.3) is 22.3 Å². The van der Waals surface area contributed by atoms with Crippen molar-refractivity contribution in [2.24, 2.45) is 0 Å². The Kier molecular flexibility index (Phi) is 2.59. The molecule has 3 nitrogen and oxygen atoms in total. The number of rotatable bonds is 1. The maximum Gasteiger partial charge on any atom is 0.150 e. The van der Waals surface area contributed by atoms with E-state index < -0.39 is 11.6 Å². The average molecular weight is 257 g/mol. The Hall–Kier alpha value is -2.56. The second-order valence-electron chi connectivity index (χ2n) is 4.07.